The number of H-pyrrole nitrogens is 1. The number of carbonyl (C=O) groups is 1. The highest BCUT2D eigenvalue weighted by molar-refractivity contribution is 6.01. The molecule has 0 spiro atoms. The van der Waals surface area contributed by atoms with Gasteiger partial charge in [-0.25, -0.2) is 18.4 Å². The topological polar surface area (TPSA) is 84.3 Å². The number of alkyl halides is 2. The van der Waals surface area contributed by atoms with Crippen LogP contribution in [-0.4, -0.2) is 40.3 Å². The number of ether oxygens (including phenoxy) is 1. The third-order valence-corrected chi connectivity index (χ3v) is 2.73. The molecule has 0 amide bonds. The lowest BCUT2D eigenvalue weighted by Crippen LogP contribution is -2.21. The molecule has 108 valence electrons. The number of carboxylic acids is 1. The molecule has 0 aliphatic heterocycles. The number of aromatic carboxylic acids is 1. The third kappa shape index (κ3) is 2.85. The number of rotatable bonds is 6. The van der Waals surface area contributed by atoms with Gasteiger partial charge in [-0.2, -0.15) is 0 Å². The number of aromatic nitrogens is 2. The lowest BCUT2D eigenvalue weighted by atomic mass is 10.2. The van der Waals surface area contributed by atoms with E-state index in [2.05, 4.69) is 4.98 Å². The van der Waals surface area contributed by atoms with Crippen LogP contribution in [0.2, 0.25) is 0 Å². The predicted octanol–water partition coefficient (Wildman–Crippen LogP) is 1.31. The molecule has 6 nitrogen and oxygen atoms in total. The molecule has 2 rings (SSSR count). The summed E-state index contributed by atoms with van der Waals surface area (Å²) >= 11 is 0. The molecule has 0 saturated carbocycles. The minimum Gasteiger partial charge on any atom is -0.478 e. The maximum Gasteiger partial charge on any atom is 0.337 e. The number of carboxylic acid groups (broad SMARTS) is 1. The zero-order valence-electron chi connectivity index (χ0n) is 10.3. The first kappa shape index (κ1) is 14.2. The van der Waals surface area contributed by atoms with E-state index in [0.717, 1.165) is 0 Å². The van der Waals surface area contributed by atoms with Crippen LogP contribution in [0.15, 0.2) is 23.0 Å². The summed E-state index contributed by atoms with van der Waals surface area (Å²) < 4.78 is 29.7. The SMILES string of the molecule is O=C(O)c1cccc2[nH]c(=O)n(CCOCC(F)F)c12. The highest BCUT2D eigenvalue weighted by Crippen LogP contribution is 2.16. The Morgan fingerprint density at radius 1 is 1.45 bits per heavy atom. The molecular formula is C12H12F2N2O4. The van der Waals surface area contributed by atoms with Crippen molar-refractivity contribution in [3.63, 3.8) is 0 Å². The van der Waals surface area contributed by atoms with Crippen molar-refractivity contribution in [3.05, 3.63) is 34.2 Å². The van der Waals surface area contributed by atoms with Crippen molar-refractivity contribution in [2.45, 2.75) is 13.0 Å². The Kier molecular flexibility index (Phi) is 4.14. The number of hydrogen-bond acceptors (Lipinski definition) is 3. The van der Waals surface area contributed by atoms with E-state index in [1.54, 1.807) is 6.07 Å². The molecule has 0 saturated heterocycles. The van der Waals surface area contributed by atoms with E-state index >= 15 is 0 Å². The Labute approximate surface area is 111 Å². The molecule has 8 heteroatoms. The largest absolute Gasteiger partial charge is 0.478 e. The first-order valence-corrected chi connectivity index (χ1v) is 5.81. The number of imidazole rings is 1. The molecule has 2 N–H and O–H groups in total. The highest BCUT2D eigenvalue weighted by Gasteiger charge is 2.15. The molecule has 2 aromatic rings. The van der Waals surface area contributed by atoms with Gasteiger partial charge in [-0.3, -0.25) is 4.57 Å². The third-order valence-electron chi connectivity index (χ3n) is 2.73. The first-order valence-electron chi connectivity index (χ1n) is 5.81. The summed E-state index contributed by atoms with van der Waals surface area (Å²) in [5.74, 6) is -1.17. The molecule has 1 heterocycles. The average molecular weight is 286 g/mol. The summed E-state index contributed by atoms with van der Waals surface area (Å²) in [6, 6.07) is 4.45. The normalized spacial score (nSPS) is 11.3. The van der Waals surface area contributed by atoms with E-state index in [9.17, 15) is 18.4 Å². The second-order valence-corrected chi connectivity index (χ2v) is 4.05. The van der Waals surface area contributed by atoms with Crippen LogP contribution in [0.5, 0.6) is 0 Å². The van der Waals surface area contributed by atoms with Gasteiger partial charge >= 0.3 is 11.7 Å². The molecule has 1 aromatic heterocycles. The molecule has 0 unspecified atom stereocenters. The number of hydrogen-bond donors (Lipinski definition) is 2. The Balaban J connectivity index is 2.30. The van der Waals surface area contributed by atoms with Gasteiger partial charge in [-0.15, -0.1) is 0 Å². The fourth-order valence-electron chi connectivity index (χ4n) is 1.93. The quantitative estimate of drug-likeness (QED) is 0.784. The van der Waals surface area contributed by atoms with E-state index in [1.165, 1.54) is 16.7 Å². The van der Waals surface area contributed by atoms with Gasteiger partial charge in [-0.1, -0.05) is 6.07 Å². The maximum atomic E-state index is 11.9. The van der Waals surface area contributed by atoms with Crippen LogP contribution in [0, 0.1) is 0 Å². The molecular weight excluding hydrogens is 274 g/mol. The number of nitrogens with one attached hydrogen (secondary N) is 1. The summed E-state index contributed by atoms with van der Waals surface area (Å²) in [6.45, 7) is -0.829. The van der Waals surface area contributed by atoms with E-state index < -0.39 is 24.7 Å². The Hall–Kier alpha value is -2.22. The van der Waals surface area contributed by atoms with Gasteiger partial charge in [-0.05, 0) is 12.1 Å². The van der Waals surface area contributed by atoms with E-state index in [-0.39, 0.29) is 24.2 Å². The molecule has 0 atom stereocenters. The predicted molar refractivity (Wildman–Crippen MR) is 66.3 cm³/mol. The fourth-order valence-corrected chi connectivity index (χ4v) is 1.93. The van der Waals surface area contributed by atoms with Crippen LogP contribution in [-0.2, 0) is 11.3 Å². The molecule has 20 heavy (non-hydrogen) atoms. The lowest BCUT2D eigenvalue weighted by Gasteiger charge is -2.06. The smallest absolute Gasteiger partial charge is 0.337 e. The zero-order chi connectivity index (χ0) is 14.7. The lowest BCUT2D eigenvalue weighted by molar-refractivity contribution is 0.0148. The summed E-state index contributed by atoms with van der Waals surface area (Å²) in [5, 5.41) is 9.10. The Morgan fingerprint density at radius 3 is 2.85 bits per heavy atom. The van der Waals surface area contributed by atoms with Gasteiger partial charge in [0.15, 0.2) is 0 Å². The second-order valence-electron chi connectivity index (χ2n) is 4.05. The zero-order valence-corrected chi connectivity index (χ0v) is 10.3. The van der Waals surface area contributed by atoms with Crippen molar-refractivity contribution in [3.8, 4) is 0 Å². The monoisotopic (exact) mass is 286 g/mol. The van der Waals surface area contributed by atoms with Crippen molar-refractivity contribution in [2.24, 2.45) is 0 Å². The standard InChI is InChI=1S/C12H12F2N2O4/c13-9(14)6-20-5-4-16-10-7(11(17)18)2-1-3-8(10)15-12(16)19/h1-3,9H,4-6H2,(H,15,19)(H,17,18). The molecule has 0 radical (unpaired) electrons. The summed E-state index contributed by atoms with van der Waals surface area (Å²) in [7, 11) is 0. The number of halogens is 2. The number of nitrogens with zero attached hydrogens (tertiary/aromatic N) is 1. The molecule has 0 fully saturated rings. The van der Waals surface area contributed by atoms with Gasteiger partial charge in [0.05, 0.1) is 29.7 Å². The van der Waals surface area contributed by atoms with Crippen molar-refractivity contribution in [1.82, 2.24) is 9.55 Å². The van der Waals surface area contributed by atoms with Gasteiger partial charge < -0.3 is 14.8 Å². The Morgan fingerprint density at radius 2 is 2.20 bits per heavy atom. The first-order chi connectivity index (χ1) is 9.50. The molecule has 0 aliphatic rings. The minimum atomic E-state index is -2.58. The van der Waals surface area contributed by atoms with E-state index in [0.29, 0.717) is 5.52 Å². The number of aromatic amines is 1. The van der Waals surface area contributed by atoms with E-state index in [4.69, 9.17) is 9.84 Å². The van der Waals surface area contributed by atoms with Crippen LogP contribution >= 0.6 is 0 Å². The number of para-hydroxylation sites is 1. The molecule has 0 aliphatic carbocycles. The van der Waals surface area contributed by atoms with Crippen molar-refractivity contribution in [2.75, 3.05) is 13.2 Å². The van der Waals surface area contributed by atoms with Crippen LogP contribution in [0.4, 0.5) is 8.78 Å². The van der Waals surface area contributed by atoms with Crippen molar-refractivity contribution in [1.29, 1.82) is 0 Å². The summed E-state index contributed by atoms with van der Waals surface area (Å²) in [4.78, 5) is 25.4. The van der Waals surface area contributed by atoms with Crippen LogP contribution in [0.1, 0.15) is 10.4 Å². The Bertz CT molecular complexity index is 678. The highest BCUT2D eigenvalue weighted by atomic mass is 19.3. The minimum absolute atomic E-state index is 0.00412. The fraction of sp³-hybridized carbons (Fsp3) is 0.333. The van der Waals surface area contributed by atoms with Crippen LogP contribution in [0.25, 0.3) is 11.0 Å². The maximum absolute atomic E-state index is 11.9. The van der Waals surface area contributed by atoms with Gasteiger partial charge in [0, 0.05) is 0 Å². The van der Waals surface area contributed by atoms with Gasteiger partial charge in [0.25, 0.3) is 6.43 Å². The molecule has 1 aromatic carbocycles. The van der Waals surface area contributed by atoms with Crippen LogP contribution in [0.3, 0.4) is 0 Å². The summed E-state index contributed by atoms with van der Waals surface area (Å²) in [5.41, 5.74) is 0.0680. The summed E-state index contributed by atoms with van der Waals surface area (Å²) in [6.07, 6.45) is -2.58. The van der Waals surface area contributed by atoms with Crippen molar-refractivity contribution >= 4 is 17.0 Å². The van der Waals surface area contributed by atoms with E-state index in [1.807, 2.05) is 0 Å². The molecule has 0 bridgehead atoms. The van der Waals surface area contributed by atoms with Gasteiger partial charge in [0.2, 0.25) is 0 Å². The van der Waals surface area contributed by atoms with Gasteiger partial charge in [0.1, 0.15) is 6.61 Å². The second kappa shape index (κ2) is 5.83. The van der Waals surface area contributed by atoms with Crippen molar-refractivity contribution < 1.29 is 23.4 Å². The van der Waals surface area contributed by atoms with Crippen LogP contribution < -0.4 is 5.69 Å². The number of fused-ring (bicyclic) bond motifs is 1. The number of benzene rings is 1. The average Bonchev–Trinajstić information content (AvgIpc) is 2.70.